The van der Waals surface area contributed by atoms with E-state index in [4.69, 9.17) is 27.9 Å². The lowest BCUT2D eigenvalue weighted by Gasteiger charge is -2.38. The molecule has 3 fully saturated rings. The first-order valence-electron chi connectivity index (χ1n) is 14.4. The Hall–Kier alpha value is -2.87. The van der Waals surface area contributed by atoms with E-state index in [-0.39, 0.29) is 30.3 Å². The quantitative estimate of drug-likeness (QED) is 0.430. The van der Waals surface area contributed by atoms with Crippen LogP contribution in [0.15, 0.2) is 54.6 Å². The van der Waals surface area contributed by atoms with E-state index >= 15 is 0 Å². The van der Waals surface area contributed by atoms with Gasteiger partial charge in [-0.15, -0.1) is 0 Å². The van der Waals surface area contributed by atoms with E-state index in [2.05, 4.69) is 24.5 Å². The SMILES string of the molecule is Cc1ccc(NC(=O)[C@H]2[C@H]3C=C[C@@]4(O3)[C@H]2C(=O)N(Cc2ccccc2Cl)[C@@H]4C(=O)N[C@@H]2CCC[C@@H](C)[C@@H]2C)cc1Cl. The molecule has 3 aliphatic heterocycles. The molecule has 7 nitrogen and oxygen atoms in total. The number of anilines is 1. The number of hydrogen-bond acceptors (Lipinski definition) is 4. The molecule has 8 atom stereocenters. The van der Waals surface area contributed by atoms with Gasteiger partial charge in [0.15, 0.2) is 0 Å². The number of halogens is 2. The highest BCUT2D eigenvalue weighted by atomic mass is 35.5. The van der Waals surface area contributed by atoms with Crippen molar-refractivity contribution in [1.82, 2.24) is 10.2 Å². The maximum Gasteiger partial charge on any atom is 0.246 e. The summed E-state index contributed by atoms with van der Waals surface area (Å²) in [7, 11) is 0. The number of carbonyl (C=O) groups is 3. The van der Waals surface area contributed by atoms with E-state index in [1.54, 1.807) is 23.1 Å². The van der Waals surface area contributed by atoms with Crippen molar-refractivity contribution >= 4 is 46.6 Å². The Bertz CT molecular complexity index is 1430. The molecule has 2 saturated heterocycles. The Morgan fingerprint density at radius 3 is 2.61 bits per heavy atom. The number of fused-ring (bicyclic) bond motifs is 1. The zero-order valence-corrected chi connectivity index (χ0v) is 24.9. The summed E-state index contributed by atoms with van der Waals surface area (Å²) in [5.41, 5.74) is 0.917. The fourth-order valence-corrected chi connectivity index (χ4v) is 7.57. The maximum absolute atomic E-state index is 14.3. The summed E-state index contributed by atoms with van der Waals surface area (Å²) < 4.78 is 6.48. The standard InChI is InChI=1S/C32H35Cl2N3O4/c1-17-7-6-10-24(19(17)3)36-30(39)28-32-14-13-25(41-32)26(29(38)35-21-12-11-18(2)23(34)15-21)27(32)31(40)37(28)16-20-8-4-5-9-22(20)33/h4-5,8-9,11-15,17,19,24-28H,6-7,10,16H2,1-3H3,(H,35,38)(H,36,39)/t17-,19+,24-,25-,26+,27-,28-,32-/m1/s1. The highest BCUT2D eigenvalue weighted by Crippen LogP contribution is 2.55. The van der Waals surface area contributed by atoms with Crippen molar-refractivity contribution < 1.29 is 19.1 Å². The van der Waals surface area contributed by atoms with Crippen LogP contribution in [0.5, 0.6) is 0 Å². The number of carbonyl (C=O) groups excluding carboxylic acids is 3. The van der Waals surface area contributed by atoms with Crippen molar-refractivity contribution in [2.24, 2.45) is 23.7 Å². The number of amides is 3. The van der Waals surface area contributed by atoms with Gasteiger partial charge < -0.3 is 20.3 Å². The fourth-order valence-electron chi connectivity index (χ4n) is 7.19. The molecule has 2 aromatic carbocycles. The summed E-state index contributed by atoms with van der Waals surface area (Å²) >= 11 is 12.8. The second-order valence-electron chi connectivity index (χ2n) is 12.1. The molecule has 3 heterocycles. The van der Waals surface area contributed by atoms with Gasteiger partial charge in [-0.3, -0.25) is 14.4 Å². The number of ether oxygens (including phenoxy) is 1. The number of rotatable bonds is 6. The molecule has 6 rings (SSSR count). The summed E-state index contributed by atoms with van der Waals surface area (Å²) in [6.07, 6.45) is 6.10. The first kappa shape index (κ1) is 28.3. The first-order chi connectivity index (χ1) is 19.6. The van der Waals surface area contributed by atoms with Crippen molar-refractivity contribution in [3.05, 3.63) is 75.8 Å². The van der Waals surface area contributed by atoms with Gasteiger partial charge in [-0.1, -0.05) is 86.3 Å². The monoisotopic (exact) mass is 595 g/mol. The Kier molecular flexibility index (Phi) is 7.41. The minimum atomic E-state index is -1.25. The summed E-state index contributed by atoms with van der Waals surface area (Å²) in [4.78, 5) is 43.7. The normalized spacial score (nSPS) is 33.6. The molecule has 2 aromatic rings. The molecule has 216 valence electrons. The molecule has 0 radical (unpaired) electrons. The van der Waals surface area contributed by atoms with Crippen molar-refractivity contribution in [3.8, 4) is 0 Å². The van der Waals surface area contributed by atoms with Gasteiger partial charge in [0.1, 0.15) is 11.6 Å². The molecular weight excluding hydrogens is 561 g/mol. The van der Waals surface area contributed by atoms with Gasteiger partial charge in [0.2, 0.25) is 17.7 Å². The van der Waals surface area contributed by atoms with E-state index < -0.39 is 29.6 Å². The third-order valence-corrected chi connectivity index (χ3v) is 10.5. The molecule has 2 N–H and O–H groups in total. The lowest BCUT2D eigenvalue weighted by Crippen LogP contribution is -2.57. The van der Waals surface area contributed by atoms with Gasteiger partial charge in [-0.25, -0.2) is 0 Å². The molecule has 1 spiro atoms. The highest BCUT2D eigenvalue weighted by molar-refractivity contribution is 6.31. The van der Waals surface area contributed by atoms with E-state index in [1.165, 1.54) is 0 Å². The lowest BCUT2D eigenvalue weighted by molar-refractivity contribution is -0.142. The molecule has 0 unspecified atom stereocenters. The largest absolute Gasteiger partial charge is 0.359 e. The third kappa shape index (κ3) is 4.76. The lowest BCUT2D eigenvalue weighted by atomic mass is 9.73. The fraction of sp³-hybridized carbons (Fsp3) is 0.469. The first-order valence-corrected chi connectivity index (χ1v) is 15.1. The summed E-state index contributed by atoms with van der Waals surface area (Å²) in [5.74, 6) is -1.72. The number of hydrogen-bond donors (Lipinski definition) is 2. The molecule has 1 saturated carbocycles. The van der Waals surface area contributed by atoms with Crippen molar-refractivity contribution in [2.45, 2.75) is 70.4 Å². The van der Waals surface area contributed by atoms with Crippen LogP contribution in [0.3, 0.4) is 0 Å². The zero-order chi connectivity index (χ0) is 29.1. The average Bonchev–Trinajstić information content (AvgIpc) is 3.58. The van der Waals surface area contributed by atoms with Gasteiger partial charge >= 0.3 is 0 Å². The second-order valence-corrected chi connectivity index (χ2v) is 12.9. The molecule has 2 bridgehead atoms. The van der Waals surface area contributed by atoms with Crippen LogP contribution >= 0.6 is 23.2 Å². The Morgan fingerprint density at radius 1 is 1.07 bits per heavy atom. The Labute approximate surface area is 250 Å². The summed E-state index contributed by atoms with van der Waals surface area (Å²) in [6.45, 7) is 6.41. The number of nitrogens with one attached hydrogen (secondary N) is 2. The topological polar surface area (TPSA) is 87.7 Å². The minimum absolute atomic E-state index is 0.00642. The molecule has 9 heteroatoms. The van der Waals surface area contributed by atoms with Crippen LogP contribution in [-0.4, -0.2) is 46.4 Å². The Morgan fingerprint density at radius 2 is 1.85 bits per heavy atom. The zero-order valence-electron chi connectivity index (χ0n) is 23.4. The molecule has 41 heavy (non-hydrogen) atoms. The smallest absolute Gasteiger partial charge is 0.246 e. The second kappa shape index (κ2) is 10.8. The predicted octanol–water partition coefficient (Wildman–Crippen LogP) is 5.53. The summed E-state index contributed by atoms with van der Waals surface area (Å²) in [6, 6.07) is 11.7. The van der Waals surface area contributed by atoms with Crippen LogP contribution in [0.1, 0.15) is 44.2 Å². The average molecular weight is 597 g/mol. The van der Waals surface area contributed by atoms with Gasteiger partial charge in [-0.2, -0.15) is 0 Å². The number of likely N-dealkylation sites (tertiary alicyclic amines) is 1. The maximum atomic E-state index is 14.3. The molecule has 0 aromatic heterocycles. The number of benzene rings is 2. The van der Waals surface area contributed by atoms with E-state index in [9.17, 15) is 14.4 Å². The molecular formula is C32H35Cl2N3O4. The Balaban J connectivity index is 1.34. The van der Waals surface area contributed by atoms with Crippen LogP contribution in [0.25, 0.3) is 0 Å². The number of nitrogens with zero attached hydrogens (tertiary/aromatic N) is 1. The van der Waals surface area contributed by atoms with Gasteiger partial charge in [0.05, 0.1) is 17.9 Å². The van der Waals surface area contributed by atoms with E-state index in [0.29, 0.717) is 27.6 Å². The number of aryl methyl sites for hydroxylation is 1. The van der Waals surface area contributed by atoms with Gasteiger partial charge in [0, 0.05) is 28.3 Å². The van der Waals surface area contributed by atoms with E-state index in [1.807, 2.05) is 43.3 Å². The summed E-state index contributed by atoms with van der Waals surface area (Å²) in [5, 5.41) is 7.26. The van der Waals surface area contributed by atoms with Crippen molar-refractivity contribution in [1.29, 1.82) is 0 Å². The third-order valence-electron chi connectivity index (χ3n) is 9.70. The highest BCUT2D eigenvalue weighted by Gasteiger charge is 2.72. The van der Waals surface area contributed by atoms with E-state index in [0.717, 1.165) is 30.4 Å². The minimum Gasteiger partial charge on any atom is -0.359 e. The van der Waals surface area contributed by atoms with Crippen LogP contribution < -0.4 is 10.6 Å². The molecule has 1 aliphatic carbocycles. The van der Waals surface area contributed by atoms with Crippen LogP contribution in [0, 0.1) is 30.6 Å². The van der Waals surface area contributed by atoms with Crippen molar-refractivity contribution in [2.75, 3.05) is 5.32 Å². The molecule has 3 amide bonds. The predicted molar refractivity (Wildman–Crippen MR) is 158 cm³/mol. The van der Waals surface area contributed by atoms with Gasteiger partial charge in [0.25, 0.3) is 0 Å². The van der Waals surface area contributed by atoms with Crippen LogP contribution in [-0.2, 0) is 25.7 Å². The van der Waals surface area contributed by atoms with Crippen LogP contribution in [0.4, 0.5) is 5.69 Å². The van der Waals surface area contributed by atoms with Gasteiger partial charge in [-0.05, 0) is 54.5 Å². The molecule has 4 aliphatic rings. The van der Waals surface area contributed by atoms with Crippen molar-refractivity contribution in [3.63, 3.8) is 0 Å². The van der Waals surface area contributed by atoms with Crippen LogP contribution in [0.2, 0.25) is 10.0 Å².